The van der Waals surface area contributed by atoms with Crippen LogP contribution in [0.2, 0.25) is 0 Å². The molecule has 21 heavy (non-hydrogen) atoms. The second kappa shape index (κ2) is 6.64. The SMILES string of the molecule is N#Cc1cc(F)c(CNC2CCC(C(N)=O)CC2)c(F)c1. The number of hydrogen-bond donors (Lipinski definition) is 2. The predicted molar refractivity (Wildman–Crippen MR) is 72.9 cm³/mol. The Hall–Kier alpha value is -2.00. The summed E-state index contributed by atoms with van der Waals surface area (Å²) in [4.78, 5) is 11.1. The van der Waals surface area contributed by atoms with Crippen LogP contribution >= 0.6 is 0 Å². The second-order valence-electron chi connectivity index (χ2n) is 5.36. The zero-order valence-electron chi connectivity index (χ0n) is 11.5. The minimum Gasteiger partial charge on any atom is -0.369 e. The van der Waals surface area contributed by atoms with Gasteiger partial charge in [-0.15, -0.1) is 0 Å². The fourth-order valence-corrected chi connectivity index (χ4v) is 2.66. The van der Waals surface area contributed by atoms with Crippen LogP contribution in [0.4, 0.5) is 8.78 Å². The van der Waals surface area contributed by atoms with Gasteiger partial charge < -0.3 is 11.1 Å². The molecule has 0 spiro atoms. The lowest BCUT2D eigenvalue weighted by Crippen LogP contribution is -2.36. The molecule has 1 amide bonds. The van der Waals surface area contributed by atoms with Crippen LogP contribution in [-0.4, -0.2) is 11.9 Å². The molecule has 6 heteroatoms. The van der Waals surface area contributed by atoms with E-state index in [-0.39, 0.29) is 35.5 Å². The zero-order valence-corrected chi connectivity index (χ0v) is 11.5. The molecule has 0 unspecified atom stereocenters. The van der Waals surface area contributed by atoms with Crippen LogP contribution in [0.25, 0.3) is 0 Å². The van der Waals surface area contributed by atoms with E-state index in [0.717, 1.165) is 25.0 Å². The van der Waals surface area contributed by atoms with E-state index in [1.54, 1.807) is 6.07 Å². The highest BCUT2D eigenvalue weighted by atomic mass is 19.1. The Balaban J connectivity index is 1.93. The molecule has 4 nitrogen and oxygen atoms in total. The first-order chi connectivity index (χ1) is 10.0. The van der Waals surface area contributed by atoms with Gasteiger partial charge in [0.2, 0.25) is 5.91 Å². The summed E-state index contributed by atoms with van der Waals surface area (Å²) in [6, 6.07) is 3.90. The molecule has 0 aliphatic heterocycles. The van der Waals surface area contributed by atoms with Crippen LogP contribution in [0.1, 0.15) is 36.8 Å². The Morgan fingerprint density at radius 3 is 2.33 bits per heavy atom. The first-order valence-electron chi connectivity index (χ1n) is 6.92. The van der Waals surface area contributed by atoms with Gasteiger partial charge in [0.05, 0.1) is 11.6 Å². The Labute approximate surface area is 121 Å². The van der Waals surface area contributed by atoms with Crippen molar-refractivity contribution >= 4 is 5.91 Å². The van der Waals surface area contributed by atoms with Gasteiger partial charge in [-0.25, -0.2) is 8.78 Å². The molecule has 0 bridgehead atoms. The Bertz CT molecular complexity index is 552. The van der Waals surface area contributed by atoms with Gasteiger partial charge in [0.1, 0.15) is 11.6 Å². The Kier molecular flexibility index (Phi) is 4.86. The fourth-order valence-electron chi connectivity index (χ4n) is 2.66. The Morgan fingerprint density at radius 1 is 1.29 bits per heavy atom. The number of primary amides is 1. The number of nitriles is 1. The smallest absolute Gasteiger partial charge is 0.220 e. The summed E-state index contributed by atoms with van der Waals surface area (Å²) in [6.07, 6.45) is 2.91. The maximum Gasteiger partial charge on any atom is 0.220 e. The minimum absolute atomic E-state index is 0.0317. The molecule has 0 saturated heterocycles. The quantitative estimate of drug-likeness (QED) is 0.890. The van der Waals surface area contributed by atoms with E-state index in [2.05, 4.69) is 5.32 Å². The second-order valence-corrected chi connectivity index (χ2v) is 5.36. The van der Waals surface area contributed by atoms with Crippen molar-refractivity contribution in [2.45, 2.75) is 38.3 Å². The van der Waals surface area contributed by atoms with Crippen LogP contribution < -0.4 is 11.1 Å². The average Bonchev–Trinajstić information content (AvgIpc) is 2.46. The zero-order chi connectivity index (χ0) is 15.4. The van der Waals surface area contributed by atoms with Crippen molar-refractivity contribution in [3.8, 4) is 6.07 Å². The number of carbonyl (C=O) groups excluding carboxylic acids is 1. The van der Waals surface area contributed by atoms with E-state index >= 15 is 0 Å². The molecule has 2 rings (SSSR count). The van der Waals surface area contributed by atoms with Crippen molar-refractivity contribution in [1.29, 1.82) is 5.26 Å². The van der Waals surface area contributed by atoms with Gasteiger partial charge >= 0.3 is 0 Å². The van der Waals surface area contributed by atoms with Crippen LogP contribution in [0.15, 0.2) is 12.1 Å². The molecular formula is C15H17F2N3O. The first-order valence-corrected chi connectivity index (χ1v) is 6.92. The molecule has 1 saturated carbocycles. The standard InChI is InChI=1S/C15H17F2N3O/c16-13-5-9(7-18)6-14(17)12(13)8-20-11-3-1-10(2-4-11)15(19)21/h5-6,10-11,20H,1-4,8H2,(H2,19,21). The maximum absolute atomic E-state index is 13.7. The summed E-state index contributed by atoms with van der Waals surface area (Å²) in [7, 11) is 0. The van der Waals surface area contributed by atoms with Crippen molar-refractivity contribution < 1.29 is 13.6 Å². The van der Waals surface area contributed by atoms with Crippen molar-refractivity contribution in [3.63, 3.8) is 0 Å². The number of nitrogens with zero attached hydrogens (tertiary/aromatic N) is 1. The number of amides is 1. The third kappa shape index (κ3) is 3.76. The van der Waals surface area contributed by atoms with Crippen LogP contribution in [0.3, 0.4) is 0 Å². The molecule has 1 aromatic rings. The molecule has 1 aliphatic rings. The number of rotatable bonds is 4. The van der Waals surface area contributed by atoms with Crippen molar-refractivity contribution in [3.05, 3.63) is 34.9 Å². The molecule has 0 radical (unpaired) electrons. The summed E-state index contributed by atoms with van der Waals surface area (Å²) in [6.45, 7) is 0.0648. The summed E-state index contributed by atoms with van der Waals surface area (Å²) in [5, 5.41) is 11.7. The number of halogens is 2. The number of carbonyl (C=O) groups is 1. The molecular weight excluding hydrogens is 276 g/mol. The summed E-state index contributed by atoms with van der Waals surface area (Å²) in [5.74, 6) is -1.81. The van der Waals surface area contributed by atoms with Gasteiger partial charge in [-0.1, -0.05) is 0 Å². The molecule has 0 atom stereocenters. The predicted octanol–water partition coefficient (Wildman–Crippen LogP) is 1.97. The van der Waals surface area contributed by atoms with Gasteiger partial charge in [0.15, 0.2) is 0 Å². The van der Waals surface area contributed by atoms with E-state index in [4.69, 9.17) is 11.0 Å². The molecule has 0 aromatic heterocycles. The molecule has 0 heterocycles. The van der Waals surface area contributed by atoms with Gasteiger partial charge in [0.25, 0.3) is 0 Å². The highest BCUT2D eigenvalue weighted by Crippen LogP contribution is 2.24. The molecule has 1 aromatic carbocycles. The average molecular weight is 293 g/mol. The van der Waals surface area contributed by atoms with E-state index in [0.29, 0.717) is 12.8 Å². The molecule has 3 N–H and O–H groups in total. The third-order valence-electron chi connectivity index (χ3n) is 3.97. The fraction of sp³-hybridized carbons (Fsp3) is 0.467. The van der Waals surface area contributed by atoms with Crippen LogP contribution in [0.5, 0.6) is 0 Å². The maximum atomic E-state index is 13.7. The van der Waals surface area contributed by atoms with Gasteiger partial charge in [-0.05, 0) is 37.8 Å². The topological polar surface area (TPSA) is 78.9 Å². The lowest BCUT2D eigenvalue weighted by molar-refractivity contribution is -0.122. The van der Waals surface area contributed by atoms with Crippen molar-refractivity contribution in [2.75, 3.05) is 0 Å². The van der Waals surface area contributed by atoms with Crippen molar-refractivity contribution in [2.24, 2.45) is 11.7 Å². The summed E-state index contributed by atoms with van der Waals surface area (Å²) >= 11 is 0. The normalized spacial score (nSPS) is 21.8. The highest BCUT2D eigenvalue weighted by Gasteiger charge is 2.24. The van der Waals surface area contributed by atoms with Crippen LogP contribution in [-0.2, 0) is 11.3 Å². The van der Waals surface area contributed by atoms with E-state index in [9.17, 15) is 13.6 Å². The van der Waals surface area contributed by atoms with Crippen molar-refractivity contribution in [1.82, 2.24) is 5.32 Å². The molecule has 112 valence electrons. The lowest BCUT2D eigenvalue weighted by Gasteiger charge is -2.27. The largest absolute Gasteiger partial charge is 0.369 e. The lowest BCUT2D eigenvalue weighted by atomic mass is 9.85. The van der Waals surface area contributed by atoms with Gasteiger partial charge in [-0.3, -0.25) is 4.79 Å². The van der Waals surface area contributed by atoms with Gasteiger partial charge in [-0.2, -0.15) is 5.26 Å². The van der Waals surface area contributed by atoms with E-state index in [1.807, 2.05) is 0 Å². The number of nitrogens with two attached hydrogens (primary N) is 1. The number of hydrogen-bond acceptors (Lipinski definition) is 3. The van der Waals surface area contributed by atoms with Crippen LogP contribution in [0, 0.1) is 28.9 Å². The van der Waals surface area contributed by atoms with E-state index < -0.39 is 11.6 Å². The summed E-state index contributed by atoms with van der Waals surface area (Å²) < 4.78 is 27.5. The number of benzene rings is 1. The highest BCUT2D eigenvalue weighted by molar-refractivity contribution is 5.76. The third-order valence-corrected chi connectivity index (χ3v) is 3.97. The minimum atomic E-state index is -0.718. The molecule has 1 fully saturated rings. The molecule has 1 aliphatic carbocycles. The van der Waals surface area contributed by atoms with E-state index in [1.165, 1.54) is 0 Å². The first kappa shape index (κ1) is 15.4. The number of nitrogens with one attached hydrogen (secondary N) is 1. The van der Waals surface area contributed by atoms with Gasteiger partial charge in [0, 0.05) is 24.1 Å². The Morgan fingerprint density at radius 2 is 1.86 bits per heavy atom. The summed E-state index contributed by atoms with van der Waals surface area (Å²) in [5.41, 5.74) is 5.16. The monoisotopic (exact) mass is 293 g/mol.